The average molecular weight is 402 g/mol. The van der Waals surface area contributed by atoms with E-state index in [0.717, 1.165) is 24.8 Å². The summed E-state index contributed by atoms with van der Waals surface area (Å²) >= 11 is 3.24. The van der Waals surface area contributed by atoms with Crippen LogP contribution in [0.4, 0.5) is 5.82 Å². The summed E-state index contributed by atoms with van der Waals surface area (Å²) in [5.41, 5.74) is 2.98. The second-order valence-electron chi connectivity index (χ2n) is 6.69. The van der Waals surface area contributed by atoms with Crippen LogP contribution in [-0.2, 0) is 0 Å². The van der Waals surface area contributed by atoms with Crippen molar-refractivity contribution >= 4 is 27.7 Å². The minimum Gasteiger partial charge on any atom is -0.353 e. The molecule has 25 heavy (non-hydrogen) atoms. The van der Waals surface area contributed by atoms with Gasteiger partial charge >= 0.3 is 0 Å². The molecule has 130 valence electrons. The van der Waals surface area contributed by atoms with Crippen molar-refractivity contribution in [3.63, 3.8) is 0 Å². The number of anilines is 1. The first-order valence-electron chi connectivity index (χ1n) is 8.60. The Morgan fingerprint density at radius 2 is 1.84 bits per heavy atom. The van der Waals surface area contributed by atoms with E-state index < -0.39 is 0 Å². The number of rotatable bonds is 3. The highest BCUT2D eigenvalue weighted by atomic mass is 79.9. The van der Waals surface area contributed by atoms with Crippen molar-refractivity contribution in [1.29, 1.82) is 0 Å². The summed E-state index contributed by atoms with van der Waals surface area (Å²) in [6.45, 7) is 5.03. The first-order chi connectivity index (χ1) is 12.1. The summed E-state index contributed by atoms with van der Waals surface area (Å²) in [4.78, 5) is 29.6. The van der Waals surface area contributed by atoms with Gasteiger partial charge in [0.05, 0.1) is 12.4 Å². The van der Waals surface area contributed by atoms with Crippen LogP contribution < -0.4 is 4.90 Å². The quantitative estimate of drug-likeness (QED) is 0.790. The molecule has 0 bridgehead atoms. The highest BCUT2D eigenvalue weighted by Gasteiger charge is 2.27. The molecule has 0 atom stereocenters. The van der Waals surface area contributed by atoms with Gasteiger partial charge in [-0.25, -0.2) is 15.0 Å². The summed E-state index contributed by atoms with van der Waals surface area (Å²) in [6, 6.07) is 2.27. The van der Waals surface area contributed by atoms with Gasteiger partial charge in [-0.15, -0.1) is 0 Å². The lowest BCUT2D eigenvalue weighted by Crippen LogP contribution is -2.49. The highest BCUT2D eigenvalue weighted by molar-refractivity contribution is 9.10. The predicted molar refractivity (Wildman–Crippen MR) is 98.8 cm³/mol. The molecule has 0 N–H and O–H groups in total. The molecule has 3 heterocycles. The Hall–Kier alpha value is -2.02. The Balaban J connectivity index is 1.41. The fourth-order valence-corrected chi connectivity index (χ4v) is 3.47. The molecule has 1 saturated heterocycles. The van der Waals surface area contributed by atoms with Crippen molar-refractivity contribution in [1.82, 2.24) is 19.9 Å². The van der Waals surface area contributed by atoms with Crippen LogP contribution in [0.1, 0.15) is 40.4 Å². The van der Waals surface area contributed by atoms with Crippen LogP contribution in [0, 0.1) is 6.92 Å². The third kappa shape index (κ3) is 3.51. The van der Waals surface area contributed by atoms with E-state index >= 15 is 0 Å². The van der Waals surface area contributed by atoms with Crippen molar-refractivity contribution in [2.45, 2.75) is 25.7 Å². The molecular weight excluding hydrogens is 382 g/mol. The van der Waals surface area contributed by atoms with Gasteiger partial charge in [-0.2, -0.15) is 0 Å². The predicted octanol–water partition coefficient (Wildman–Crippen LogP) is 2.78. The Morgan fingerprint density at radius 3 is 2.44 bits per heavy atom. The fraction of sp³-hybridized carbons (Fsp3) is 0.444. The number of piperazine rings is 1. The van der Waals surface area contributed by atoms with Crippen molar-refractivity contribution in [2.75, 3.05) is 31.1 Å². The summed E-state index contributed by atoms with van der Waals surface area (Å²) < 4.78 is 0.630. The zero-order valence-corrected chi connectivity index (χ0v) is 15.7. The van der Waals surface area contributed by atoms with Crippen LogP contribution in [0.5, 0.6) is 0 Å². The smallest absolute Gasteiger partial charge is 0.274 e. The van der Waals surface area contributed by atoms with Crippen LogP contribution >= 0.6 is 15.9 Å². The van der Waals surface area contributed by atoms with Gasteiger partial charge in [0, 0.05) is 32.4 Å². The number of aromatic nitrogens is 3. The minimum absolute atomic E-state index is 0.0617. The monoisotopic (exact) mass is 401 g/mol. The number of carbonyl (C=O) groups is 1. The summed E-state index contributed by atoms with van der Waals surface area (Å²) in [6.07, 6.45) is 7.68. The number of amides is 1. The van der Waals surface area contributed by atoms with E-state index in [1.54, 1.807) is 6.20 Å². The Morgan fingerprint density at radius 1 is 1.08 bits per heavy atom. The van der Waals surface area contributed by atoms with Crippen LogP contribution in [-0.4, -0.2) is 51.9 Å². The molecule has 7 heteroatoms. The van der Waals surface area contributed by atoms with E-state index in [1.165, 1.54) is 30.2 Å². The number of halogens is 1. The number of hydrogen-bond acceptors (Lipinski definition) is 5. The molecule has 0 aromatic carbocycles. The van der Waals surface area contributed by atoms with Gasteiger partial charge in [0.25, 0.3) is 5.91 Å². The van der Waals surface area contributed by atoms with E-state index in [4.69, 9.17) is 4.98 Å². The Bertz CT molecular complexity index is 783. The highest BCUT2D eigenvalue weighted by Crippen LogP contribution is 2.40. The molecule has 0 radical (unpaired) electrons. The zero-order valence-electron chi connectivity index (χ0n) is 14.2. The third-order valence-corrected chi connectivity index (χ3v) is 5.24. The van der Waals surface area contributed by atoms with Gasteiger partial charge in [0.2, 0.25) is 0 Å². The van der Waals surface area contributed by atoms with Gasteiger partial charge in [-0.1, -0.05) is 6.07 Å². The molecule has 1 aliphatic heterocycles. The van der Waals surface area contributed by atoms with Crippen molar-refractivity contribution in [3.05, 3.63) is 46.1 Å². The molecule has 2 aromatic heterocycles. The van der Waals surface area contributed by atoms with Gasteiger partial charge < -0.3 is 9.80 Å². The Labute approximate surface area is 155 Å². The summed E-state index contributed by atoms with van der Waals surface area (Å²) in [7, 11) is 0. The van der Waals surface area contributed by atoms with Gasteiger partial charge in [-0.3, -0.25) is 4.79 Å². The number of carbonyl (C=O) groups excluding carboxylic acids is 1. The lowest BCUT2D eigenvalue weighted by Gasteiger charge is -2.36. The maximum Gasteiger partial charge on any atom is 0.274 e. The zero-order chi connectivity index (χ0) is 17.4. The molecule has 2 aliphatic rings. The van der Waals surface area contributed by atoms with E-state index in [1.807, 2.05) is 11.1 Å². The van der Waals surface area contributed by atoms with Crippen LogP contribution in [0.2, 0.25) is 0 Å². The average Bonchev–Trinajstić information content (AvgIpc) is 3.47. The lowest BCUT2D eigenvalue weighted by molar-refractivity contribution is 0.0740. The molecule has 6 nitrogen and oxygen atoms in total. The number of hydrogen-bond donors (Lipinski definition) is 0. The SMILES string of the molecule is Cc1cc(C2CC2)cnc1N1CCN(C(=O)c2cnc(Br)cn2)CC1. The molecular formula is C18H20BrN5O. The van der Waals surface area contributed by atoms with Crippen LogP contribution in [0.15, 0.2) is 29.3 Å². The van der Waals surface area contributed by atoms with E-state index in [0.29, 0.717) is 23.4 Å². The maximum absolute atomic E-state index is 12.5. The largest absolute Gasteiger partial charge is 0.353 e. The summed E-state index contributed by atoms with van der Waals surface area (Å²) in [5.74, 6) is 1.70. The van der Waals surface area contributed by atoms with Crippen molar-refractivity contribution in [3.8, 4) is 0 Å². The number of pyridine rings is 1. The molecule has 4 rings (SSSR count). The van der Waals surface area contributed by atoms with Crippen LogP contribution in [0.25, 0.3) is 0 Å². The first-order valence-corrected chi connectivity index (χ1v) is 9.39. The first kappa shape index (κ1) is 16.4. The second-order valence-corrected chi connectivity index (χ2v) is 7.50. The molecule has 0 unspecified atom stereocenters. The Kier molecular flexibility index (Phi) is 4.41. The fourth-order valence-electron chi connectivity index (χ4n) is 3.27. The van der Waals surface area contributed by atoms with Crippen LogP contribution in [0.3, 0.4) is 0 Å². The minimum atomic E-state index is -0.0617. The summed E-state index contributed by atoms with van der Waals surface area (Å²) in [5, 5.41) is 0. The van der Waals surface area contributed by atoms with E-state index in [-0.39, 0.29) is 5.91 Å². The lowest BCUT2D eigenvalue weighted by atomic mass is 10.1. The molecule has 2 fully saturated rings. The second kappa shape index (κ2) is 6.71. The third-order valence-electron chi connectivity index (χ3n) is 4.83. The number of nitrogens with zero attached hydrogens (tertiary/aromatic N) is 5. The van der Waals surface area contributed by atoms with Gasteiger partial charge in [-0.05, 0) is 52.7 Å². The van der Waals surface area contributed by atoms with E-state index in [9.17, 15) is 4.79 Å². The standard InChI is InChI=1S/C18H20BrN5O/c1-12-8-14(13-2-3-13)9-22-17(12)23-4-6-24(7-5-23)18(25)15-10-21-16(19)11-20-15/h8-11,13H,2-7H2,1H3. The normalized spacial score (nSPS) is 17.7. The molecule has 0 spiro atoms. The molecule has 1 aliphatic carbocycles. The molecule has 2 aromatic rings. The van der Waals surface area contributed by atoms with Crippen molar-refractivity contribution in [2.24, 2.45) is 0 Å². The van der Waals surface area contributed by atoms with E-state index in [2.05, 4.69) is 43.8 Å². The topological polar surface area (TPSA) is 62.2 Å². The molecule has 1 saturated carbocycles. The van der Waals surface area contributed by atoms with Gasteiger partial charge in [0.1, 0.15) is 16.1 Å². The number of aryl methyl sites for hydroxylation is 1. The van der Waals surface area contributed by atoms with Crippen molar-refractivity contribution < 1.29 is 4.79 Å². The molecule has 1 amide bonds. The maximum atomic E-state index is 12.5. The van der Waals surface area contributed by atoms with Gasteiger partial charge in [0.15, 0.2) is 0 Å².